The fraction of sp³-hybridized carbons (Fsp3) is 0.440. The molecule has 1 spiro atoms. The van der Waals surface area contributed by atoms with Crippen molar-refractivity contribution in [3.63, 3.8) is 0 Å². The Morgan fingerprint density at radius 2 is 1.81 bits per heavy atom. The van der Waals surface area contributed by atoms with E-state index < -0.39 is 5.60 Å². The number of rotatable bonds is 6. The molecular weight excluding hydrogens is 394 g/mol. The van der Waals surface area contributed by atoms with Crippen LogP contribution in [0.15, 0.2) is 42.5 Å². The second-order valence-electron chi connectivity index (χ2n) is 8.31. The van der Waals surface area contributed by atoms with Gasteiger partial charge in [-0.15, -0.1) is 0 Å². The van der Waals surface area contributed by atoms with Gasteiger partial charge < -0.3 is 19.1 Å². The first kappa shape index (κ1) is 21.2. The summed E-state index contributed by atoms with van der Waals surface area (Å²) < 4.78 is 17.2. The topological polar surface area (TPSA) is 65.1 Å². The van der Waals surface area contributed by atoms with Crippen LogP contribution in [0.4, 0.5) is 0 Å². The number of Topliss-reactive ketones (excluding diaryl/α,β-unsaturated/α-hetero) is 1. The second kappa shape index (κ2) is 9.00. The van der Waals surface area contributed by atoms with E-state index in [9.17, 15) is 9.59 Å². The van der Waals surface area contributed by atoms with Crippen LogP contribution in [0, 0.1) is 0 Å². The molecule has 6 heteroatoms. The fourth-order valence-electron chi connectivity index (χ4n) is 4.32. The molecule has 0 unspecified atom stereocenters. The Hall–Kier alpha value is -3.02. The zero-order valence-electron chi connectivity index (χ0n) is 18.2. The highest BCUT2D eigenvalue weighted by Crippen LogP contribution is 2.40. The summed E-state index contributed by atoms with van der Waals surface area (Å²) in [5.74, 6) is 1.98. The molecule has 0 aliphatic carbocycles. The molecule has 4 rings (SSSR count). The van der Waals surface area contributed by atoms with Gasteiger partial charge in [0.05, 0.1) is 19.1 Å². The Kier molecular flexibility index (Phi) is 6.16. The molecule has 0 bridgehead atoms. The molecule has 31 heavy (non-hydrogen) atoms. The summed E-state index contributed by atoms with van der Waals surface area (Å²) in [7, 11) is 1.59. The number of benzene rings is 2. The molecular formula is C25H29NO5. The number of ether oxygens (including phenoxy) is 3. The van der Waals surface area contributed by atoms with Crippen molar-refractivity contribution in [2.45, 2.75) is 44.6 Å². The van der Waals surface area contributed by atoms with Gasteiger partial charge >= 0.3 is 0 Å². The van der Waals surface area contributed by atoms with Crippen molar-refractivity contribution >= 4 is 11.7 Å². The zero-order chi connectivity index (χ0) is 21.8. The fourth-order valence-corrected chi connectivity index (χ4v) is 4.32. The maximum Gasteiger partial charge on any atom is 0.260 e. The van der Waals surface area contributed by atoms with E-state index in [0.29, 0.717) is 55.2 Å². The average Bonchev–Trinajstić information content (AvgIpc) is 2.78. The molecule has 2 heterocycles. The summed E-state index contributed by atoms with van der Waals surface area (Å²) in [5, 5.41) is 0. The first-order valence-electron chi connectivity index (χ1n) is 10.9. The summed E-state index contributed by atoms with van der Waals surface area (Å²) in [5.41, 5.74) is 1.32. The lowest BCUT2D eigenvalue weighted by atomic mass is 9.82. The first-order chi connectivity index (χ1) is 15.0. The van der Waals surface area contributed by atoms with E-state index in [2.05, 4.69) is 6.92 Å². The van der Waals surface area contributed by atoms with Crippen LogP contribution in [0.2, 0.25) is 0 Å². The maximum atomic E-state index is 12.7. The van der Waals surface area contributed by atoms with Crippen molar-refractivity contribution in [2.75, 3.05) is 26.8 Å². The van der Waals surface area contributed by atoms with E-state index in [1.54, 1.807) is 30.2 Å². The number of piperidine rings is 1. The van der Waals surface area contributed by atoms with Gasteiger partial charge in [0.1, 0.15) is 22.8 Å². The lowest BCUT2D eigenvalue weighted by Gasteiger charge is -2.43. The van der Waals surface area contributed by atoms with Crippen molar-refractivity contribution in [3.05, 3.63) is 53.6 Å². The molecule has 2 aliphatic heterocycles. The van der Waals surface area contributed by atoms with Gasteiger partial charge in [-0.3, -0.25) is 9.59 Å². The SMILES string of the molecule is CCCc1ccc(OCC(=O)N2CCC3(CC2)CC(=O)c2ccc(OC)cc2O3)cc1. The van der Waals surface area contributed by atoms with E-state index in [1.165, 1.54) is 5.56 Å². The molecule has 0 saturated carbocycles. The summed E-state index contributed by atoms with van der Waals surface area (Å²) >= 11 is 0. The number of fused-ring (bicyclic) bond motifs is 1. The Morgan fingerprint density at radius 3 is 2.48 bits per heavy atom. The summed E-state index contributed by atoms with van der Waals surface area (Å²) in [6, 6.07) is 13.2. The van der Waals surface area contributed by atoms with Crippen LogP contribution in [0.5, 0.6) is 17.2 Å². The summed E-state index contributed by atoms with van der Waals surface area (Å²) in [6.07, 6.45) is 3.72. The zero-order valence-corrected chi connectivity index (χ0v) is 18.2. The van der Waals surface area contributed by atoms with E-state index in [-0.39, 0.29) is 18.3 Å². The number of amides is 1. The molecule has 164 valence electrons. The Labute approximate surface area is 183 Å². The molecule has 0 aromatic heterocycles. The van der Waals surface area contributed by atoms with Gasteiger partial charge in [0, 0.05) is 32.0 Å². The molecule has 1 amide bonds. The van der Waals surface area contributed by atoms with Gasteiger partial charge in [0.2, 0.25) is 0 Å². The van der Waals surface area contributed by atoms with Gasteiger partial charge in [-0.05, 0) is 36.2 Å². The van der Waals surface area contributed by atoms with Gasteiger partial charge in [-0.25, -0.2) is 0 Å². The van der Waals surface area contributed by atoms with Crippen LogP contribution in [0.3, 0.4) is 0 Å². The Bertz CT molecular complexity index is 945. The quantitative estimate of drug-likeness (QED) is 0.701. The lowest BCUT2D eigenvalue weighted by molar-refractivity contribution is -0.136. The van der Waals surface area contributed by atoms with Crippen molar-refractivity contribution in [2.24, 2.45) is 0 Å². The second-order valence-corrected chi connectivity index (χ2v) is 8.31. The van der Waals surface area contributed by atoms with Crippen LogP contribution < -0.4 is 14.2 Å². The Morgan fingerprint density at radius 1 is 1.10 bits per heavy atom. The third-order valence-electron chi connectivity index (χ3n) is 6.15. The third-order valence-corrected chi connectivity index (χ3v) is 6.15. The van der Waals surface area contributed by atoms with Crippen LogP contribution in [0.25, 0.3) is 0 Å². The number of likely N-dealkylation sites (tertiary alicyclic amines) is 1. The highest BCUT2D eigenvalue weighted by Gasteiger charge is 2.43. The summed E-state index contributed by atoms with van der Waals surface area (Å²) in [6.45, 7) is 3.25. The minimum atomic E-state index is -0.552. The van der Waals surface area contributed by atoms with Crippen molar-refractivity contribution < 1.29 is 23.8 Å². The van der Waals surface area contributed by atoms with Crippen molar-refractivity contribution in [3.8, 4) is 17.2 Å². The number of nitrogens with zero attached hydrogens (tertiary/aromatic N) is 1. The van der Waals surface area contributed by atoms with E-state index in [4.69, 9.17) is 14.2 Å². The van der Waals surface area contributed by atoms with Gasteiger partial charge in [-0.1, -0.05) is 25.5 Å². The molecule has 1 fully saturated rings. The number of hydrogen-bond donors (Lipinski definition) is 0. The minimum Gasteiger partial charge on any atom is -0.497 e. The molecule has 0 N–H and O–H groups in total. The first-order valence-corrected chi connectivity index (χ1v) is 10.9. The van der Waals surface area contributed by atoms with E-state index >= 15 is 0 Å². The molecule has 2 aromatic rings. The number of carbonyl (C=O) groups excluding carboxylic acids is 2. The standard InChI is InChI=1S/C25H29NO5/c1-3-4-18-5-7-19(8-6-18)30-17-24(28)26-13-11-25(12-14-26)16-22(27)21-10-9-20(29-2)15-23(21)31-25/h5-10,15H,3-4,11-14,16-17H2,1-2H3. The normalized spacial score (nSPS) is 17.1. The molecule has 2 aliphatic rings. The van der Waals surface area contributed by atoms with Gasteiger partial charge in [0.15, 0.2) is 12.4 Å². The van der Waals surface area contributed by atoms with E-state index in [1.807, 2.05) is 24.3 Å². The van der Waals surface area contributed by atoms with E-state index in [0.717, 1.165) is 12.8 Å². The molecule has 0 atom stereocenters. The maximum absolute atomic E-state index is 12.7. The smallest absolute Gasteiger partial charge is 0.260 e. The number of methoxy groups -OCH3 is 1. The number of carbonyl (C=O) groups is 2. The van der Waals surface area contributed by atoms with Crippen molar-refractivity contribution in [1.29, 1.82) is 0 Å². The third kappa shape index (κ3) is 4.68. The predicted molar refractivity (Wildman–Crippen MR) is 117 cm³/mol. The number of aryl methyl sites for hydroxylation is 1. The molecule has 1 saturated heterocycles. The van der Waals surface area contributed by atoms with Crippen LogP contribution in [-0.2, 0) is 11.2 Å². The molecule has 0 radical (unpaired) electrons. The average molecular weight is 424 g/mol. The van der Waals surface area contributed by atoms with Crippen LogP contribution >= 0.6 is 0 Å². The van der Waals surface area contributed by atoms with Crippen molar-refractivity contribution in [1.82, 2.24) is 4.90 Å². The van der Waals surface area contributed by atoms with Crippen LogP contribution in [0.1, 0.15) is 48.5 Å². The highest BCUT2D eigenvalue weighted by atomic mass is 16.5. The monoisotopic (exact) mass is 423 g/mol. The minimum absolute atomic E-state index is 0.0138. The summed E-state index contributed by atoms with van der Waals surface area (Å²) in [4.78, 5) is 27.1. The predicted octanol–water partition coefficient (Wildman–Crippen LogP) is 4.05. The highest BCUT2D eigenvalue weighted by molar-refractivity contribution is 6.00. The lowest BCUT2D eigenvalue weighted by Crippen LogP contribution is -2.53. The number of ketones is 1. The number of hydrogen-bond acceptors (Lipinski definition) is 5. The molecule has 2 aromatic carbocycles. The Balaban J connectivity index is 1.32. The van der Waals surface area contributed by atoms with Gasteiger partial charge in [0.25, 0.3) is 5.91 Å². The largest absolute Gasteiger partial charge is 0.497 e. The van der Waals surface area contributed by atoms with Crippen LogP contribution in [-0.4, -0.2) is 49.0 Å². The molecule has 6 nitrogen and oxygen atoms in total. The van der Waals surface area contributed by atoms with Gasteiger partial charge in [-0.2, -0.15) is 0 Å².